The zero-order chi connectivity index (χ0) is 17.4. The van der Waals surface area contributed by atoms with Crippen LogP contribution in [-0.4, -0.2) is 41.5 Å². The van der Waals surface area contributed by atoms with Crippen molar-refractivity contribution < 1.29 is 9.18 Å². The van der Waals surface area contributed by atoms with Gasteiger partial charge in [-0.25, -0.2) is 9.37 Å². The molecule has 0 aliphatic carbocycles. The molecule has 3 aliphatic rings. The lowest BCUT2D eigenvalue weighted by Crippen LogP contribution is -2.48. The highest BCUT2D eigenvalue weighted by molar-refractivity contribution is 7.14. The highest BCUT2D eigenvalue weighted by Crippen LogP contribution is 2.34. The van der Waals surface area contributed by atoms with Crippen LogP contribution in [0.1, 0.15) is 26.2 Å². The molecule has 0 saturated carbocycles. The Labute approximate surface area is 151 Å². The van der Waals surface area contributed by atoms with Gasteiger partial charge in [-0.05, 0) is 43.5 Å². The Hall–Kier alpha value is -1.95. The summed E-state index contributed by atoms with van der Waals surface area (Å²) >= 11 is 1.60. The predicted octanol–water partition coefficient (Wildman–Crippen LogP) is 3.79. The summed E-state index contributed by atoms with van der Waals surface area (Å²) in [4.78, 5) is 21.8. The summed E-state index contributed by atoms with van der Waals surface area (Å²) < 4.78 is 13.1. The van der Waals surface area contributed by atoms with Crippen LogP contribution in [0, 0.1) is 11.7 Å². The first-order valence-corrected chi connectivity index (χ1v) is 9.80. The third-order valence-corrected chi connectivity index (χ3v) is 6.06. The van der Waals surface area contributed by atoms with Crippen molar-refractivity contribution in [3.63, 3.8) is 0 Å². The van der Waals surface area contributed by atoms with Gasteiger partial charge in [0.1, 0.15) is 5.82 Å². The molecule has 0 N–H and O–H groups in total. The quantitative estimate of drug-likeness (QED) is 0.833. The van der Waals surface area contributed by atoms with Gasteiger partial charge in [0.2, 0.25) is 5.91 Å². The van der Waals surface area contributed by atoms with E-state index >= 15 is 0 Å². The summed E-state index contributed by atoms with van der Waals surface area (Å²) in [5.41, 5.74) is 1.79. The van der Waals surface area contributed by atoms with Crippen LogP contribution in [0.25, 0.3) is 11.3 Å². The maximum Gasteiger partial charge on any atom is 0.227 e. The number of anilines is 1. The molecule has 5 rings (SSSR count). The smallest absolute Gasteiger partial charge is 0.227 e. The van der Waals surface area contributed by atoms with Crippen molar-refractivity contribution >= 4 is 22.4 Å². The minimum absolute atomic E-state index is 0.0865. The molecule has 2 aromatic rings. The Morgan fingerprint density at radius 3 is 2.80 bits per heavy atom. The molecule has 25 heavy (non-hydrogen) atoms. The molecular weight excluding hydrogens is 337 g/mol. The van der Waals surface area contributed by atoms with Gasteiger partial charge >= 0.3 is 0 Å². The second-order valence-electron chi connectivity index (χ2n) is 6.89. The monoisotopic (exact) mass is 359 g/mol. The zero-order valence-electron chi connectivity index (χ0n) is 14.3. The van der Waals surface area contributed by atoms with E-state index in [1.54, 1.807) is 23.5 Å². The van der Waals surface area contributed by atoms with Crippen LogP contribution >= 0.6 is 11.3 Å². The fourth-order valence-electron chi connectivity index (χ4n) is 3.89. The van der Waals surface area contributed by atoms with Crippen molar-refractivity contribution in [3.05, 3.63) is 35.5 Å². The fourth-order valence-corrected chi connectivity index (χ4v) is 4.75. The Morgan fingerprint density at radius 1 is 1.24 bits per heavy atom. The molecule has 2 atom stereocenters. The molecule has 0 unspecified atom stereocenters. The summed E-state index contributed by atoms with van der Waals surface area (Å²) in [7, 11) is 0. The number of rotatable bonds is 4. The van der Waals surface area contributed by atoms with Gasteiger partial charge in [-0.1, -0.05) is 6.92 Å². The fraction of sp³-hybridized carbons (Fsp3) is 0.474. The van der Waals surface area contributed by atoms with E-state index in [2.05, 4.69) is 16.7 Å². The van der Waals surface area contributed by atoms with E-state index in [-0.39, 0.29) is 11.7 Å². The number of halogens is 1. The van der Waals surface area contributed by atoms with Crippen LogP contribution in [0.2, 0.25) is 0 Å². The lowest BCUT2D eigenvalue weighted by Gasteiger charge is -2.35. The van der Waals surface area contributed by atoms with E-state index < -0.39 is 0 Å². The Balaban J connectivity index is 1.57. The largest absolute Gasteiger partial charge is 0.345 e. The summed E-state index contributed by atoms with van der Waals surface area (Å²) in [5.74, 6) is 0.164. The van der Waals surface area contributed by atoms with Crippen LogP contribution < -0.4 is 4.90 Å². The number of fused-ring (bicyclic) bond motifs is 4. The summed E-state index contributed by atoms with van der Waals surface area (Å²) in [5, 5.41) is 2.98. The van der Waals surface area contributed by atoms with Crippen LogP contribution in [-0.2, 0) is 4.79 Å². The molecule has 1 aromatic carbocycles. The van der Waals surface area contributed by atoms with Gasteiger partial charge in [0.15, 0.2) is 5.13 Å². The van der Waals surface area contributed by atoms with Crippen molar-refractivity contribution in [1.82, 2.24) is 9.88 Å². The number of aromatic nitrogens is 1. The minimum atomic E-state index is -0.238. The molecule has 3 fully saturated rings. The van der Waals surface area contributed by atoms with Crippen LogP contribution in [0.3, 0.4) is 0 Å². The Bertz CT molecular complexity index is 760. The first-order chi connectivity index (χ1) is 12.2. The highest BCUT2D eigenvalue weighted by Gasteiger charge is 2.40. The zero-order valence-corrected chi connectivity index (χ0v) is 15.1. The van der Waals surface area contributed by atoms with Crippen molar-refractivity contribution in [3.8, 4) is 11.3 Å². The molecule has 1 amide bonds. The van der Waals surface area contributed by atoms with Gasteiger partial charge in [0.05, 0.1) is 11.6 Å². The van der Waals surface area contributed by atoms with E-state index in [0.717, 1.165) is 55.3 Å². The summed E-state index contributed by atoms with van der Waals surface area (Å²) in [6, 6.07) is 6.73. The first-order valence-electron chi connectivity index (χ1n) is 8.92. The molecule has 4 nitrogen and oxygen atoms in total. The lowest BCUT2D eigenvalue weighted by molar-refractivity contribution is -0.139. The Kier molecular flexibility index (Phi) is 4.46. The van der Waals surface area contributed by atoms with Gasteiger partial charge in [-0.2, -0.15) is 0 Å². The number of piperidine rings is 1. The number of carbonyl (C=O) groups is 1. The average Bonchev–Trinajstić information content (AvgIpc) is 2.95. The first kappa shape index (κ1) is 16.5. The minimum Gasteiger partial charge on any atom is -0.345 e. The summed E-state index contributed by atoms with van der Waals surface area (Å²) in [6.45, 7) is 4.59. The van der Waals surface area contributed by atoms with Gasteiger partial charge in [0, 0.05) is 36.6 Å². The second-order valence-corrected chi connectivity index (χ2v) is 7.72. The molecule has 1 aromatic heterocycles. The van der Waals surface area contributed by atoms with Gasteiger partial charge in [-0.3, -0.25) is 4.79 Å². The number of thiazole rings is 1. The van der Waals surface area contributed by atoms with E-state index in [1.807, 2.05) is 5.38 Å². The maximum atomic E-state index is 13.1. The molecule has 3 aliphatic heterocycles. The molecule has 6 heteroatoms. The van der Waals surface area contributed by atoms with Gasteiger partial charge < -0.3 is 9.80 Å². The average molecular weight is 359 g/mol. The van der Waals surface area contributed by atoms with Crippen LogP contribution in [0.5, 0.6) is 0 Å². The van der Waals surface area contributed by atoms with Crippen molar-refractivity contribution in [2.45, 2.75) is 32.2 Å². The van der Waals surface area contributed by atoms with Crippen LogP contribution in [0.4, 0.5) is 9.52 Å². The topological polar surface area (TPSA) is 36.4 Å². The molecule has 132 valence electrons. The second kappa shape index (κ2) is 6.75. The summed E-state index contributed by atoms with van der Waals surface area (Å²) in [6.07, 6.45) is 3.07. The lowest BCUT2D eigenvalue weighted by atomic mass is 9.94. The molecular formula is C19H22FN3OS. The van der Waals surface area contributed by atoms with E-state index in [0.29, 0.717) is 11.9 Å². The van der Waals surface area contributed by atoms with E-state index in [9.17, 15) is 9.18 Å². The number of hydrogen-bond acceptors (Lipinski definition) is 4. The number of carbonyl (C=O) groups excluding carboxylic acids is 1. The number of hydrogen-bond donors (Lipinski definition) is 0. The molecule has 2 bridgehead atoms. The maximum absolute atomic E-state index is 13.1. The number of amides is 1. The standard InChI is InChI=1S/C19H22FN3OS/c1-2-9-23-16-8-5-14(18(23)24)10-22(11-16)19-21-17(12-25-19)13-3-6-15(20)7-4-13/h3-4,6-7,12,14,16H,2,5,8-11H2,1H3/t14-,16+/m0/s1. The van der Waals surface area contributed by atoms with Crippen LogP contribution in [0.15, 0.2) is 29.6 Å². The van der Waals surface area contributed by atoms with Crippen molar-refractivity contribution in [2.24, 2.45) is 5.92 Å². The number of benzene rings is 1. The third-order valence-electron chi connectivity index (χ3n) is 5.16. The van der Waals surface area contributed by atoms with Gasteiger partial charge in [-0.15, -0.1) is 11.3 Å². The van der Waals surface area contributed by atoms with E-state index in [4.69, 9.17) is 4.98 Å². The molecule has 0 spiro atoms. The molecule has 0 radical (unpaired) electrons. The van der Waals surface area contributed by atoms with Crippen molar-refractivity contribution in [2.75, 3.05) is 24.5 Å². The van der Waals surface area contributed by atoms with E-state index in [1.165, 1.54) is 12.1 Å². The molecule has 3 saturated heterocycles. The number of nitrogens with zero attached hydrogens (tertiary/aromatic N) is 3. The highest BCUT2D eigenvalue weighted by atomic mass is 32.1. The normalized spacial score (nSPS) is 23.2. The SMILES string of the molecule is CCCN1C(=O)[C@H]2CC[C@@H]1CN(c1nc(-c3ccc(F)cc3)cs1)C2. The van der Waals surface area contributed by atoms with Crippen molar-refractivity contribution in [1.29, 1.82) is 0 Å². The van der Waals surface area contributed by atoms with Gasteiger partial charge in [0.25, 0.3) is 0 Å². The Morgan fingerprint density at radius 2 is 2.04 bits per heavy atom. The molecule has 4 heterocycles. The predicted molar refractivity (Wildman–Crippen MR) is 98.2 cm³/mol. The third kappa shape index (κ3) is 3.15.